The second-order valence-corrected chi connectivity index (χ2v) is 7.73. The Bertz CT molecular complexity index is 1210. The van der Waals surface area contributed by atoms with Gasteiger partial charge in [0, 0.05) is 21.8 Å². The van der Waals surface area contributed by atoms with E-state index in [0.717, 1.165) is 5.56 Å². The summed E-state index contributed by atoms with van der Waals surface area (Å²) in [6, 6.07) is 23.5. The molecule has 0 aliphatic heterocycles. The van der Waals surface area contributed by atoms with Crippen LogP contribution < -0.4 is 11.1 Å². The summed E-state index contributed by atoms with van der Waals surface area (Å²) in [5.41, 5.74) is 9.26. The topological polar surface area (TPSA) is 92.7 Å². The third-order valence-electron chi connectivity index (χ3n) is 4.14. The highest BCUT2D eigenvalue weighted by molar-refractivity contribution is 7.19. The zero-order chi connectivity index (χ0) is 20.9. The van der Waals surface area contributed by atoms with Gasteiger partial charge in [0.25, 0.3) is 5.91 Å². The van der Waals surface area contributed by atoms with E-state index in [2.05, 4.69) is 20.5 Å². The zero-order valence-electron chi connectivity index (χ0n) is 15.6. The van der Waals surface area contributed by atoms with E-state index in [4.69, 9.17) is 17.3 Å². The molecule has 3 aromatic carbocycles. The molecule has 148 valence electrons. The standard InChI is InChI=1S/C22H16ClN5OS/c23-16-7-4-8-18(13-16)27-28-21-19(26-22(24)30-21)14-9-11-17(12-10-14)25-20(29)15-5-2-1-3-6-15/h1-13H,(H2,24,26)(H,25,29). The molecule has 0 atom stereocenters. The Kier molecular flexibility index (Phi) is 5.83. The van der Waals surface area contributed by atoms with Crippen LogP contribution in [0.1, 0.15) is 10.4 Å². The Balaban J connectivity index is 1.54. The fraction of sp³-hybridized carbons (Fsp3) is 0. The van der Waals surface area contributed by atoms with Gasteiger partial charge in [0.15, 0.2) is 10.1 Å². The van der Waals surface area contributed by atoms with Gasteiger partial charge >= 0.3 is 0 Å². The fourth-order valence-corrected chi connectivity index (χ4v) is 3.59. The first kappa shape index (κ1) is 19.8. The molecule has 0 saturated carbocycles. The third-order valence-corrected chi connectivity index (χ3v) is 5.15. The fourth-order valence-electron chi connectivity index (χ4n) is 2.73. The first-order valence-electron chi connectivity index (χ1n) is 8.99. The molecule has 0 fully saturated rings. The molecule has 4 aromatic rings. The van der Waals surface area contributed by atoms with Gasteiger partial charge in [-0.2, -0.15) is 0 Å². The van der Waals surface area contributed by atoms with Gasteiger partial charge in [0.2, 0.25) is 0 Å². The molecule has 0 aliphatic rings. The van der Waals surface area contributed by atoms with Gasteiger partial charge in [-0.15, -0.1) is 10.2 Å². The molecule has 3 N–H and O–H groups in total. The summed E-state index contributed by atoms with van der Waals surface area (Å²) in [4.78, 5) is 16.7. The van der Waals surface area contributed by atoms with E-state index in [9.17, 15) is 4.79 Å². The summed E-state index contributed by atoms with van der Waals surface area (Å²) in [7, 11) is 0. The Morgan fingerprint density at radius 2 is 1.73 bits per heavy atom. The monoisotopic (exact) mass is 433 g/mol. The van der Waals surface area contributed by atoms with Gasteiger partial charge in [-0.05, 0) is 42.5 Å². The van der Waals surface area contributed by atoms with E-state index < -0.39 is 0 Å². The van der Waals surface area contributed by atoms with Crippen molar-refractivity contribution in [2.75, 3.05) is 11.1 Å². The van der Waals surface area contributed by atoms with Crippen molar-refractivity contribution in [3.63, 3.8) is 0 Å². The van der Waals surface area contributed by atoms with Crippen LogP contribution in [0.5, 0.6) is 0 Å². The average Bonchev–Trinajstić information content (AvgIpc) is 3.14. The number of nitrogen functional groups attached to an aromatic ring is 1. The maximum Gasteiger partial charge on any atom is 0.255 e. The zero-order valence-corrected chi connectivity index (χ0v) is 17.2. The molecular formula is C22H16ClN5OS. The van der Waals surface area contributed by atoms with E-state index in [1.807, 2.05) is 48.5 Å². The van der Waals surface area contributed by atoms with Crippen molar-refractivity contribution in [3.05, 3.63) is 89.4 Å². The van der Waals surface area contributed by atoms with Gasteiger partial charge < -0.3 is 11.1 Å². The summed E-state index contributed by atoms with van der Waals surface area (Å²) in [6.07, 6.45) is 0. The maximum absolute atomic E-state index is 12.3. The minimum Gasteiger partial charge on any atom is -0.375 e. The van der Waals surface area contributed by atoms with Crippen LogP contribution in [0.15, 0.2) is 89.1 Å². The van der Waals surface area contributed by atoms with Gasteiger partial charge in [0.1, 0.15) is 5.69 Å². The molecule has 1 amide bonds. The normalized spacial score (nSPS) is 11.0. The predicted octanol–water partition coefficient (Wildman–Crippen LogP) is 6.71. The number of carbonyl (C=O) groups excluding carboxylic acids is 1. The molecule has 0 bridgehead atoms. The lowest BCUT2D eigenvalue weighted by Gasteiger charge is -2.06. The molecule has 0 aliphatic carbocycles. The van der Waals surface area contributed by atoms with Crippen LogP contribution in [-0.4, -0.2) is 10.9 Å². The molecule has 1 heterocycles. The molecule has 0 unspecified atom stereocenters. The molecule has 0 radical (unpaired) electrons. The predicted molar refractivity (Wildman–Crippen MR) is 122 cm³/mol. The summed E-state index contributed by atoms with van der Waals surface area (Å²) in [5, 5.41) is 13.0. The quantitative estimate of drug-likeness (QED) is 0.342. The van der Waals surface area contributed by atoms with E-state index in [1.165, 1.54) is 11.3 Å². The van der Waals surface area contributed by atoms with E-state index in [-0.39, 0.29) is 5.91 Å². The van der Waals surface area contributed by atoms with Gasteiger partial charge in [-0.3, -0.25) is 4.79 Å². The number of thiazole rings is 1. The van der Waals surface area contributed by atoms with Crippen molar-refractivity contribution in [1.82, 2.24) is 4.98 Å². The molecule has 6 nitrogen and oxygen atoms in total. The van der Waals surface area contributed by atoms with Crippen molar-refractivity contribution in [1.29, 1.82) is 0 Å². The number of rotatable bonds is 5. The number of hydrogen-bond acceptors (Lipinski definition) is 6. The molecule has 0 saturated heterocycles. The molecule has 4 rings (SSSR count). The van der Waals surface area contributed by atoms with Gasteiger partial charge in [-0.25, -0.2) is 4.98 Å². The second-order valence-electron chi connectivity index (χ2n) is 6.28. The number of azo groups is 1. The summed E-state index contributed by atoms with van der Waals surface area (Å²) in [5.74, 6) is -0.169. The molecular weight excluding hydrogens is 418 g/mol. The SMILES string of the molecule is Nc1nc(-c2ccc(NC(=O)c3ccccc3)cc2)c(N=Nc2cccc(Cl)c2)s1. The lowest BCUT2D eigenvalue weighted by atomic mass is 10.1. The van der Waals surface area contributed by atoms with E-state index in [1.54, 1.807) is 30.3 Å². The number of benzene rings is 3. The maximum atomic E-state index is 12.3. The number of hydrogen-bond donors (Lipinski definition) is 2. The number of halogens is 1. The summed E-state index contributed by atoms with van der Waals surface area (Å²) >= 11 is 7.23. The smallest absolute Gasteiger partial charge is 0.255 e. The lowest BCUT2D eigenvalue weighted by Crippen LogP contribution is -2.11. The number of amides is 1. The minimum absolute atomic E-state index is 0.169. The number of anilines is 2. The molecule has 8 heteroatoms. The highest BCUT2D eigenvalue weighted by atomic mass is 35.5. The highest BCUT2D eigenvalue weighted by Crippen LogP contribution is 2.38. The number of nitrogens with two attached hydrogens (primary N) is 1. The van der Waals surface area contributed by atoms with E-state index in [0.29, 0.717) is 37.8 Å². The van der Waals surface area contributed by atoms with Gasteiger partial charge in [0.05, 0.1) is 5.69 Å². The molecule has 0 spiro atoms. The van der Waals surface area contributed by atoms with Crippen molar-refractivity contribution < 1.29 is 4.79 Å². The average molecular weight is 434 g/mol. The first-order valence-corrected chi connectivity index (χ1v) is 10.2. The van der Waals surface area contributed by atoms with Crippen LogP contribution in [0.3, 0.4) is 0 Å². The minimum atomic E-state index is -0.169. The molecule has 30 heavy (non-hydrogen) atoms. The lowest BCUT2D eigenvalue weighted by molar-refractivity contribution is 0.102. The molecule has 1 aromatic heterocycles. The van der Waals surface area contributed by atoms with Crippen LogP contribution in [0, 0.1) is 0 Å². The van der Waals surface area contributed by atoms with Crippen molar-refractivity contribution in [3.8, 4) is 11.3 Å². The summed E-state index contributed by atoms with van der Waals surface area (Å²) in [6.45, 7) is 0. The largest absolute Gasteiger partial charge is 0.375 e. The third kappa shape index (κ3) is 4.71. The number of carbonyl (C=O) groups is 1. The highest BCUT2D eigenvalue weighted by Gasteiger charge is 2.12. The van der Waals surface area contributed by atoms with Gasteiger partial charge in [-0.1, -0.05) is 59.3 Å². The Morgan fingerprint density at radius 3 is 2.47 bits per heavy atom. The van der Waals surface area contributed by atoms with Crippen LogP contribution in [0.25, 0.3) is 11.3 Å². The Morgan fingerprint density at radius 1 is 0.967 bits per heavy atom. The van der Waals surface area contributed by atoms with Crippen LogP contribution in [0.4, 0.5) is 21.5 Å². The van der Waals surface area contributed by atoms with Crippen LogP contribution in [-0.2, 0) is 0 Å². The van der Waals surface area contributed by atoms with Crippen molar-refractivity contribution in [2.24, 2.45) is 10.2 Å². The number of nitrogens with one attached hydrogen (secondary N) is 1. The van der Waals surface area contributed by atoms with Crippen molar-refractivity contribution in [2.45, 2.75) is 0 Å². The second kappa shape index (κ2) is 8.86. The van der Waals surface area contributed by atoms with Crippen LogP contribution in [0.2, 0.25) is 5.02 Å². The summed E-state index contributed by atoms with van der Waals surface area (Å²) < 4.78 is 0. The van der Waals surface area contributed by atoms with Crippen LogP contribution >= 0.6 is 22.9 Å². The van der Waals surface area contributed by atoms with Crippen molar-refractivity contribution >= 4 is 50.4 Å². The number of aromatic nitrogens is 1. The first-order chi connectivity index (χ1) is 14.6. The number of nitrogens with zero attached hydrogens (tertiary/aromatic N) is 3. The Hall–Kier alpha value is -3.55. The van der Waals surface area contributed by atoms with E-state index >= 15 is 0 Å². The Labute approximate surface area is 182 Å².